The summed E-state index contributed by atoms with van der Waals surface area (Å²) in [4.78, 5) is 26.6. The normalized spacial score (nSPS) is 14.9. The first-order valence-electron chi connectivity index (χ1n) is 9.12. The molecule has 142 valence electrons. The molecule has 1 fully saturated rings. The Labute approximate surface area is 157 Å². The Morgan fingerprint density at radius 1 is 1.07 bits per heavy atom. The highest BCUT2D eigenvalue weighted by atomic mass is 19.2. The monoisotopic (exact) mass is 372 g/mol. The number of aryl methyl sites for hydroxylation is 1. The van der Waals surface area contributed by atoms with Gasteiger partial charge in [-0.1, -0.05) is 25.1 Å². The van der Waals surface area contributed by atoms with Gasteiger partial charge < -0.3 is 10.2 Å². The molecule has 0 unspecified atom stereocenters. The maximum absolute atomic E-state index is 13.3. The minimum atomic E-state index is -1.04. The van der Waals surface area contributed by atoms with E-state index in [1.807, 2.05) is 31.2 Å². The van der Waals surface area contributed by atoms with Gasteiger partial charge in [0.1, 0.15) is 0 Å². The smallest absolute Gasteiger partial charge is 0.253 e. The van der Waals surface area contributed by atoms with Crippen molar-refractivity contribution in [3.05, 3.63) is 65.2 Å². The van der Waals surface area contributed by atoms with E-state index in [2.05, 4.69) is 5.32 Å². The fourth-order valence-corrected chi connectivity index (χ4v) is 3.34. The van der Waals surface area contributed by atoms with Crippen molar-refractivity contribution < 1.29 is 18.4 Å². The van der Waals surface area contributed by atoms with E-state index in [1.165, 1.54) is 6.07 Å². The van der Waals surface area contributed by atoms with Crippen LogP contribution < -0.4 is 5.32 Å². The largest absolute Gasteiger partial charge is 0.339 e. The van der Waals surface area contributed by atoms with Gasteiger partial charge in [-0.05, 0) is 49.1 Å². The molecule has 0 aromatic heterocycles. The quantitative estimate of drug-likeness (QED) is 0.881. The number of rotatable bonds is 4. The number of likely N-dealkylation sites (tertiary alicyclic amines) is 1. The summed E-state index contributed by atoms with van der Waals surface area (Å²) in [6, 6.07) is 10.8. The lowest BCUT2D eigenvalue weighted by molar-refractivity contribution is -0.121. The minimum absolute atomic E-state index is 0.0455. The van der Waals surface area contributed by atoms with Crippen molar-refractivity contribution >= 4 is 17.5 Å². The first kappa shape index (κ1) is 19.0. The van der Waals surface area contributed by atoms with Crippen LogP contribution in [0.3, 0.4) is 0 Å². The Hall–Kier alpha value is -2.76. The number of nitrogens with zero attached hydrogens (tertiary/aromatic N) is 1. The maximum Gasteiger partial charge on any atom is 0.253 e. The van der Waals surface area contributed by atoms with Crippen LogP contribution in [0.2, 0.25) is 0 Å². The Morgan fingerprint density at radius 2 is 1.78 bits per heavy atom. The molecule has 27 heavy (non-hydrogen) atoms. The van der Waals surface area contributed by atoms with Gasteiger partial charge in [0, 0.05) is 30.3 Å². The molecule has 1 heterocycles. The second kappa shape index (κ2) is 8.29. The summed E-state index contributed by atoms with van der Waals surface area (Å²) >= 11 is 0. The van der Waals surface area contributed by atoms with Crippen LogP contribution in [-0.4, -0.2) is 29.8 Å². The third-order valence-corrected chi connectivity index (χ3v) is 4.98. The minimum Gasteiger partial charge on any atom is -0.339 e. The summed E-state index contributed by atoms with van der Waals surface area (Å²) in [5.74, 6) is -2.58. The summed E-state index contributed by atoms with van der Waals surface area (Å²) in [6.45, 7) is 2.85. The molecule has 2 aromatic carbocycles. The molecule has 0 spiro atoms. The number of benzene rings is 2. The molecule has 1 aliphatic rings. The molecule has 1 N–H and O–H groups in total. The van der Waals surface area contributed by atoms with Gasteiger partial charge in [-0.2, -0.15) is 0 Å². The molecule has 0 saturated carbocycles. The first-order valence-corrected chi connectivity index (χ1v) is 9.12. The second-order valence-corrected chi connectivity index (χ2v) is 6.70. The number of carbonyl (C=O) groups is 2. The lowest BCUT2D eigenvalue weighted by atomic mass is 9.95. The fraction of sp³-hybridized carbons (Fsp3) is 0.333. The molecule has 6 heteroatoms. The van der Waals surface area contributed by atoms with Gasteiger partial charge >= 0.3 is 0 Å². The molecular formula is C21H22F2N2O2. The number of amides is 2. The van der Waals surface area contributed by atoms with Crippen LogP contribution in [0.15, 0.2) is 42.5 Å². The first-order chi connectivity index (χ1) is 13.0. The van der Waals surface area contributed by atoms with E-state index in [9.17, 15) is 18.4 Å². The van der Waals surface area contributed by atoms with E-state index in [1.54, 1.807) is 4.90 Å². The molecule has 1 saturated heterocycles. The molecule has 1 aliphatic heterocycles. The van der Waals surface area contributed by atoms with Crippen LogP contribution >= 0.6 is 0 Å². The summed E-state index contributed by atoms with van der Waals surface area (Å²) in [6.07, 6.45) is 1.91. The highest BCUT2D eigenvalue weighted by Crippen LogP contribution is 2.23. The summed E-state index contributed by atoms with van der Waals surface area (Å²) in [5, 5.41) is 2.99. The second-order valence-electron chi connectivity index (χ2n) is 6.70. The Morgan fingerprint density at radius 3 is 2.44 bits per heavy atom. The predicted octanol–water partition coefficient (Wildman–Crippen LogP) is 4.02. The van der Waals surface area contributed by atoms with Crippen molar-refractivity contribution in [3.63, 3.8) is 0 Å². The maximum atomic E-state index is 13.3. The number of para-hydroxylation sites is 1. The van der Waals surface area contributed by atoms with Gasteiger partial charge in [-0.15, -0.1) is 0 Å². The molecule has 0 radical (unpaired) electrons. The molecule has 2 amide bonds. The van der Waals surface area contributed by atoms with E-state index in [0.29, 0.717) is 25.9 Å². The zero-order valence-electron chi connectivity index (χ0n) is 15.2. The molecule has 3 rings (SSSR count). The lowest BCUT2D eigenvalue weighted by Gasteiger charge is -2.31. The van der Waals surface area contributed by atoms with Gasteiger partial charge in [0.15, 0.2) is 11.6 Å². The summed E-state index contributed by atoms with van der Waals surface area (Å²) < 4.78 is 26.4. The third kappa shape index (κ3) is 4.32. The predicted molar refractivity (Wildman–Crippen MR) is 99.4 cm³/mol. The van der Waals surface area contributed by atoms with E-state index in [4.69, 9.17) is 0 Å². The number of nitrogens with one attached hydrogen (secondary N) is 1. The molecular weight excluding hydrogens is 350 g/mol. The number of hydrogen-bond acceptors (Lipinski definition) is 2. The van der Waals surface area contributed by atoms with E-state index in [-0.39, 0.29) is 23.3 Å². The Balaban J connectivity index is 1.58. The average Bonchev–Trinajstić information content (AvgIpc) is 2.70. The standard InChI is InChI=1S/C21H22F2N2O2/c1-2-14-5-3-4-6-19(14)24-20(26)15-9-11-25(12-10-15)21(27)16-7-8-17(22)18(23)13-16/h3-8,13,15H,2,9-12H2,1H3,(H,24,26). The van der Waals surface area contributed by atoms with Gasteiger partial charge in [-0.3, -0.25) is 9.59 Å². The van der Waals surface area contributed by atoms with Crippen molar-refractivity contribution in [3.8, 4) is 0 Å². The van der Waals surface area contributed by atoms with Gasteiger partial charge in [0.25, 0.3) is 5.91 Å². The number of carbonyl (C=O) groups excluding carboxylic acids is 2. The van der Waals surface area contributed by atoms with Crippen LogP contribution in [-0.2, 0) is 11.2 Å². The van der Waals surface area contributed by atoms with Crippen molar-refractivity contribution in [1.82, 2.24) is 4.90 Å². The van der Waals surface area contributed by atoms with Crippen molar-refractivity contribution in [2.45, 2.75) is 26.2 Å². The zero-order valence-corrected chi connectivity index (χ0v) is 15.2. The molecule has 0 atom stereocenters. The van der Waals surface area contributed by atoms with Crippen molar-refractivity contribution in [2.24, 2.45) is 5.92 Å². The number of hydrogen-bond donors (Lipinski definition) is 1. The topological polar surface area (TPSA) is 49.4 Å². The van der Waals surface area contributed by atoms with E-state index >= 15 is 0 Å². The van der Waals surface area contributed by atoms with Crippen LogP contribution in [0.4, 0.5) is 14.5 Å². The lowest BCUT2D eigenvalue weighted by Crippen LogP contribution is -2.41. The third-order valence-electron chi connectivity index (χ3n) is 4.98. The average molecular weight is 372 g/mol. The molecule has 2 aromatic rings. The summed E-state index contributed by atoms with van der Waals surface area (Å²) in [5.41, 5.74) is 2.02. The van der Waals surface area contributed by atoms with Crippen LogP contribution in [0.1, 0.15) is 35.7 Å². The zero-order chi connectivity index (χ0) is 19.4. The van der Waals surface area contributed by atoms with E-state index in [0.717, 1.165) is 29.8 Å². The van der Waals surface area contributed by atoms with Crippen molar-refractivity contribution in [2.75, 3.05) is 18.4 Å². The van der Waals surface area contributed by atoms with Crippen LogP contribution in [0.5, 0.6) is 0 Å². The van der Waals surface area contributed by atoms with Crippen molar-refractivity contribution in [1.29, 1.82) is 0 Å². The van der Waals surface area contributed by atoms with Gasteiger partial charge in [0.05, 0.1) is 0 Å². The Kier molecular flexibility index (Phi) is 5.84. The highest BCUT2D eigenvalue weighted by Gasteiger charge is 2.28. The number of halogens is 2. The van der Waals surface area contributed by atoms with Crippen LogP contribution in [0, 0.1) is 17.6 Å². The van der Waals surface area contributed by atoms with Gasteiger partial charge in [-0.25, -0.2) is 8.78 Å². The molecule has 4 nitrogen and oxygen atoms in total. The van der Waals surface area contributed by atoms with Gasteiger partial charge in [0.2, 0.25) is 5.91 Å². The summed E-state index contributed by atoms with van der Waals surface area (Å²) in [7, 11) is 0. The molecule has 0 aliphatic carbocycles. The SMILES string of the molecule is CCc1ccccc1NC(=O)C1CCN(C(=O)c2ccc(F)c(F)c2)CC1. The fourth-order valence-electron chi connectivity index (χ4n) is 3.34. The Bertz CT molecular complexity index is 846. The number of anilines is 1. The van der Waals surface area contributed by atoms with Crippen LogP contribution in [0.25, 0.3) is 0 Å². The highest BCUT2D eigenvalue weighted by molar-refractivity contribution is 5.95. The molecule has 0 bridgehead atoms. The van der Waals surface area contributed by atoms with E-state index < -0.39 is 11.6 Å². The number of piperidine rings is 1.